The van der Waals surface area contributed by atoms with Crippen molar-refractivity contribution in [2.75, 3.05) is 12.4 Å². The van der Waals surface area contributed by atoms with Gasteiger partial charge in [0.1, 0.15) is 11.0 Å². The van der Waals surface area contributed by atoms with E-state index in [0.717, 1.165) is 10.1 Å². The van der Waals surface area contributed by atoms with E-state index >= 15 is 0 Å². The maximum absolute atomic E-state index is 11.9. The predicted molar refractivity (Wildman–Crippen MR) is 78.5 cm³/mol. The van der Waals surface area contributed by atoms with Crippen LogP contribution in [-0.4, -0.2) is 30.2 Å². The molecule has 1 aromatic heterocycles. The van der Waals surface area contributed by atoms with Crippen LogP contribution in [0, 0.1) is 0 Å². The number of fused-ring (bicyclic) bond motifs is 1. The number of methoxy groups -OCH3 is 1. The van der Waals surface area contributed by atoms with Gasteiger partial charge in [0.2, 0.25) is 0 Å². The number of thiophene rings is 1. The summed E-state index contributed by atoms with van der Waals surface area (Å²) in [4.78, 5) is 23.1. The number of amides is 1. The molecule has 0 fully saturated rings. The van der Waals surface area contributed by atoms with Gasteiger partial charge in [0.15, 0.2) is 0 Å². The van der Waals surface area contributed by atoms with E-state index in [4.69, 9.17) is 9.84 Å². The fraction of sp³-hybridized carbons (Fsp3) is 0.286. The van der Waals surface area contributed by atoms with Crippen LogP contribution in [0.25, 0.3) is 10.1 Å². The molecule has 1 aromatic carbocycles. The third-order valence-corrected chi connectivity index (χ3v) is 4.05. The Morgan fingerprint density at radius 3 is 2.75 bits per heavy atom. The molecule has 0 saturated carbocycles. The number of carboxylic acids is 1. The maximum Gasteiger partial charge on any atom is 0.345 e. The molecular formula is C14H15NO4S. The lowest BCUT2D eigenvalue weighted by atomic mass is 10.2. The van der Waals surface area contributed by atoms with Crippen molar-refractivity contribution in [1.29, 1.82) is 0 Å². The number of carboxylic acid groups (broad SMARTS) is 1. The molecule has 2 N–H and O–H groups in total. The Morgan fingerprint density at radius 1 is 1.40 bits per heavy atom. The number of rotatable bonds is 5. The number of nitrogens with one attached hydrogen (secondary N) is 1. The molecule has 1 atom stereocenters. The van der Waals surface area contributed by atoms with Crippen molar-refractivity contribution in [3.05, 3.63) is 29.1 Å². The molecular weight excluding hydrogens is 278 g/mol. The topological polar surface area (TPSA) is 75.6 Å². The highest BCUT2D eigenvalue weighted by Crippen LogP contribution is 2.28. The summed E-state index contributed by atoms with van der Waals surface area (Å²) in [6.07, 6.45) is 0.106. The molecule has 0 aliphatic carbocycles. The minimum Gasteiger partial charge on any atom is -0.477 e. The van der Waals surface area contributed by atoms with Gasteiger partial charge in [0, 0.05) is 17.5 Å². The first kappa shape index (κ1) is 14.5. The number of hydrogen-bond acceptors (Lipinski definition) is 4. The first-order valence-electron chi connectivity index (χ1n) is 6.15. The fourth-order valence-corrected chi connectivity index (χ4v) is 2.79. The number of hydrogen-bond donors (Lipinski definition) is 2. The van der Waals surface area contributed by atoms with Gasteiger partial charge >= 0.3 is 5.97 Å². The van der Waals surface area contributed by atoms with Crippen LogP contribution in [0.3, 0.4) is 0 Å². The molecule has 106 valence electrons. The summed E-state index contributed by atoms with van der Waals surface area (Å²) >= 11 is 1.21. The Balaban J connectivity index is 2.23. The molecule has 0 aliphatic rings. The summed E-state index contributed by atoms with van der Waals surface area (Å²) in [7, 11) is 1.49. The fourth-order valence-electron chi connectivity index (χ4n) is 1.91. The van der Waals surface area contributed by atoms with Gasteiger partial charge in [0.25, 0.3) is 5.91 Å². The van der Waals surface area contributed by atoms with Crippen LogP contribution >= 0.6 is 11.3 Å². The van der Waals surface area contributed by atoms with Crippen LogP contribution in [0.2, 0.25) is 0 Å². The molecule has 2 aromatic rings. The second-order valence-electron chi connectivity index (χ2n) is 4.29. The van der Waals surface area contributed by atoms with E-state index in [9.17, 15) is 9.59 Å². The summed E-state index contributed by atoms with van der Waals surface area (Å²) < 4.78 is 5.94. The van der Waals surface area contributed by atoms with E-state index in [2.05, 4.69) is 5.32 Å². The van der Waals surface area contributed by atoms with Crippen LogP contribution in [0.5, 0.6) is 0 Å². The third kappa shape index (κ3) is 2.97. The van der Waals surface area contributed by atoms with Crippen LogP contribution in [0.4, 0.5) is 5.69 Å². The van der Waals surface area contributed by atoms with Crippen molar-refractivity contribution >= 4 is 39.0 Å². The summed E-state index contributed by atoms with van der Waals surface area (Å²) in [6.45, 7) is 1.87. The lowest BCUT2D eigenvalue weighted by Crippen LogP contribution is -2.28. The Labute approximate surface area is 120 Å². The molecule has 1 amide bonds. The number of anilines is 1. The van der Waals surface area contributed by atoms with Crippen LogP contribution < -0.4 is 5.32 Å². The van der Waals surface area contributed by atoms with Gasteiger partial charge in [-0.15, -0.1) is 11.3 Å². The van der Waals surface area contributed by atoms with E-state index in [1.54, 1.807) is 24.3 Å². The summed E-state index contributed by atoms with van der Waals surface area (Å²) in [6, 6.07) is 6.92. The number of aromatic carboxylic acids is 1. The number of ether oxygens (including phenoxy) is 1. The zero-order valence-corrected chi connectivity index (χ0v) is 12.0. The molecule has 0 aliphatic heterocycles. The second-order valence-corrected chi connectivity index (χ2v) is 5.37. The lowest BCUT2D eigenvalue weighted by Gasteiger charge is -2.13. The van der Waals surface area contributed by atoms with Crippen molar-refractivity contribution in [1.82, 2.24) is 0 Å². The summed E-state index contributed by atoms with van der Waals surface area (Å²) in [5, 5.41) is 12.5. The highest BCUT2D eigenvalue weighted by molar-refractivity contribution is 7.20. The minimum absolute atomic E-state index is 0.206. The van der Waals surface area contributed by atoms with Gasteiger partial charge in [-0.1, -0.05) is 6.92 Å². The molecule has 0 radical (unpaired) electrons. The van der Waals surface area contributed by atoms with Crippen molar-refractivity contribution in [3.8, 4) is 0 Å². The smallest absolute Gasteiger partial charge is 0.345 e. The Morgan fingerprint density at radius 2 is 2.15 bits per heavy atom. The highest BCUT2D eigenvalue weighted by atomic mass is 32.1. The standard InChI is InChI=1S/C14H15NO4S/c1-3-10(19-2)13(16)15-9-4-5-11-8(6-9)7-12(20-11)14(17)18/h4-7,10H,3H2,1-2H3,(H,15,16)(H,17,18). The van der Waals surface area contributed by atoms with Gasteiger partial charge in [-0.3, -0.25) is 4.79 Å². The molecule has 1 unspecified atom stereocenters. The maximum atomic E-state index is 11.9. The summed E-state index contributed by atoms with van der Waals surface area (Å²) in [5.41, 5.74) is 0.632. The molecule has 1 heterocycles. The van der Waals surface area contributed by atoms with E-state index in [0.29, 0.717) is 12.1 Å². The van der Waals surface area contributed by atoms with Crippen LogP contribution in [0.15, 0.2) is 24.3 Å². The van der Waals surface area contributed by atoms with E-state index in [1.165, 1.54) is 18.4 Å². The lowest BCUT2D eigenvalue weighted by molar-refractivity contribution is -0.125. The Hall–Kier alpha value is -1.92. The molecule has 0 spiro atoms. The molecule has 0 saturated heterocycles. The zero-order chi connectivity index (χ0) is 14.7. The first-order valence-corrected chi connectivity index (χ1v) is 6.97. The van der Waals surface area contributed by atoms with Gasteiger partial charge in [0.05, 0.1) is 0 Å². The zero-order valence-electron chi connectivity index (χ0n) is 11.2. The Kier molecular flexibility index (Phi) is 4.36. The largest absolute Gasteiger partial charge is 0.477 e. The minimum atomic E-state index is -0.942. The van der Waals surface area contributed by atoms with Gasteiger partial charge < -0.3 is 15.2 Å². The van der Waals surface area contributed by atoms with Crippen LogP contribution in [-0.2, 0) is 9.53 Å². The average Bonchev–Trinajstić information content (AvgIpc) is 2.83. The average molecular weight is 293 g/mol. The normalized spacial score (nSPS) is 12.3. The second kappa shape index (κ2) is 6.02. The molecule has 20 heavy (non-hydrogen) atoms. The number of carbonyl (C=O) groups is 2. The van der Waals surface area contributed by atoms with Gasteiger partial charge in [-0.2, -0.15) is 0 Å². The van der Waals surface area contributed by atoms with E-state index < -0.39 is 12.1 Å². The van der Waals surface area contributed by atoms with Crippen molar-refractivity contribution < 1.29 is 19.4 Å². The molecule has 2 rings (SSSR count). The SMILES string of the molecule is CCC(OC)C(=O)Nc1ccc2sc(C(=O)O)cc2c1. The predicted octanol–water partition coefficient (Wildman–Crippen LogP) is 2.96. The van der Waals surface area contributed by atoms with Crippen molar-refractivity contribution in [2.45, 2.75) is 19.4 Å². The highest BCUT2D eigenvalue weighted by Gasteiger charge is 2.16. The van der Waals surface area contributed by atoms with E-state index in [1.807, 2.05) is 6.92 Å². The van der Waals surface area contributed by atoms with Gasteiger partial charge in [-0.25, -0.2) is 4.79 Å². The first-order chi connectivity index (χ1) is 9.55. The van der Waals surface area contributed by atoms with Crippen molar-refractivity contribution in [2.24, 2.45) is 0 Å². The molecule has 0 bridgehead atoms. The quantitative estimate of drug-likeness (QED) is 0.888. The van der Waals surface area contributed by atoms with Gasteiger partial charge in [-0.05, 0) is 36.1 Å². The van der Waals surface area contributed by atoms with E-state index in [-0.39, 0.29) is 10.8 Å². The van der Waals surface area contributed by atoms with Crippen LogP contribution in [0.1, 0.15) is 23.0 Å². The monoisotopic (exact) mass is 293 g/mol. The molecule has 5 nitrogen and oxygen atoms in total. The Bertz CT molecular complexity index is 646. The number of carbonyl (C=O) groups excluding carboxylic acids is 1. The van der Waals surface area contributed by atoms with Crippen molar-refractivity contribution in [3.63, 3.8) is 0 Å². The number of benzene rings is 1. The third-order valence-electron chi connectivity index (χ3n) is 2.94. The summed E-state index contributed by atoms with van der Waals surface area (Å²) in [5.74, 6) is -1.15. The molecule has 6 heteroatoms.